The van der Waals surface area contributed by atoms with Crippen molar-refractivity contribution in [1.82, 2.24) is 36.5 Å². The van der Waals surface area contributed by atoms with Gasteiger partial charge in [-0.2, -0.15) is 0 Å². The molecule has 2 fully saturated rings. The van der Waals surface area contributed by atoms with Crippen molar-refractivity contribution >= 4 is 46.3 Å². The normalized spacial score (nSPS) is 23.9. The summed E-state index contributed by atoms with van der Waals surface area (Å²) < 4.78 is 0. The van der Waals surface area contributed by atoms with Crippen LogP contribution in [0, 0.1) is 0 Å². The summed E-state index contributed by atoms with van der Waals surface area (Å²) in [6, 6.07) is 19.7. The molecule has 8 N–H and O–H groups in total. The van der Waals surface area contributed by atoms with E-state index in [9.17, 15) is 28.8 Å². The third-order valence-corrected chi connectivity index (χ3v) is 11.0. The molecule has 14 nitrogen and oxygen atoms in total. The molecule has 0 spiro atoms. The lowest BCUT2D eigenvalue weighted by atomic mass is 10.0. The molecule has 3 heterocycles. The summed E-state index contributed by atoms with van der Waals surface area (Å²) in [5.74, 6) is -3.30. The molecule has 58 heavy (non-hydrogen) atoms. The molecule has 6 amide bonds. The minimum absolute atomic E-state index is 0.0679. The quantitative estimate of drug-likeness (QED) is 0.113. The van der Waals surface area contributed by atoms with Crippen LogP contribution in [0.5, 0.6) is 0 Å². The molecular weight excluding hydrogens is 737 g/mol. The van der Waals surface area contributed by atoms with Crippen molar-refractivity contribution < 1.29 is 28.8 Å². The lowest BCUT2D eigenvalue weighted by Crippen LogP contribution is -2.62. The van der Waals surface area contributed by atoms with E-state index in [1.165, 1.54) is 4.90 Å². The predicted octanol–water partition coefficient (Wildman–Crippen LogP) is 2.16. The number of hydrogen-bond donors (Lipinski definition) is 7. The number of nitrogens with one attached hydrogen (secondary N) is 6. The number of rotatable bonds is 11. The SMILES string of the molecule is CC[C@@H]1NC(=O)[C@H](CCCCN)NC(=O)[C@@H](Cc2c[nH]c3ccccc23)NC(=O)[C@H](Cc2ccccc2)NC(=O)[C@@H]2CCCN2C(=O)[C@H](Cc2ccccc2)NC1=O. The number of fused-ring (bicyclic) bond motifs is 2. The maximum Gasteiger partial charge on any atom is 0.246 e. The summed E-state index contributed by atoms with van der Waals surface area (Å²) in [6.07, 6.45) is 4.52. The molecule has 306 valence electrons. The first-order chi connectivity index (χ1) is 28.1. The molecule has 4 aromatic rings. The first kappa shape index (κ1) is 41.6. The van der Waals surface area contributed by atoms with Gasteiger partial charge in [0.15, 0.2) is 0 Å². The van der Waals surface area contributed by atoms with E-state index in [0.29, 0.717) is 32.2 Å². The summed E-state index contributed by atoms with van der Waals surface area (Å²) in [6.45, 7) is 2.40. The Balaban J connectivity index is 1.38. The second kappa shape index (κ2) is 19.9. The predicted molar refractivity (Wildman–Crippen MR) is 220 cm³/mol. The van der Waals surface area contributed by atoms with E-state index < -0.39 is 71.7 Å². The number of aromatic nitrogens is 1. The van der Waals surface area contributed by atoms with E-state index in [1.807, 2.05) is 84.9 Å². The maximum absolute atomic E-state index is 14.5. The number of unbranched alkanes of at least 4 members (excludes halogenated alkanes) is 1. The molecule has 1 aromatic heterocycles. The molecule has 2 aliphatic heterocycles. The van der Waals surface area contributed by atoms with Crippen LogP contribution < -0.4 is 32.3 Å². The zero-order valence-corrected chi connectivity index (χ0v) is 32.9. The fraction of sp³-hybridized carbons (Fsp3) is 0.409. The lowest BCUT2D eigenvalue weighted by Gasteiger charge is -2.32. The highest BCUT2D eigenvalue weighted by Gasteiger charge is 2.40. The van der Waals surface area contributed by atoms with Crippen LogP contribution in [-0.2, 0) is 48.0 Å². The smallest absolute Gasteiger partial charge is 0.246 e. The van der Waals surface area contributed by atoms with Crippen LogP contribution >= 0.6 is 0 Å². The van der Waals surface area contributed by atoms with Crippen molar-refractivity contribution in [2.24, 2.45) is 5.73 Å². The Kier molecular flexibility index (Phi) is 14.3. The van der Waals surface area contributed by atoms with E-state index in [0.717, 1.165) is 27.6 Å². The van der Waals surface area contributed by atoms with Crippen LogP contribution in [0.4, 0.5) is 0 Å². The third-order valence-electron chi connectivity index (χ3n) is 11.0. The number of aromatic amines is 1. The van der Waals surface area contributed by atoms with Crippen molar-refractivity contribution in [2.45, 2.75) is 101 Å². The van der Waals surface area contributed by atoms with Gasteiger partial charge < -0.3 is 42.2 Å². The van der Waals surface area contributed by atoms with E-state index in [1.54, 1.807) is 13.1 Å². The van der Waals surface area contributed by atoms with Crippen LogP contribution in [0.15, 0.2) is 91.1 Å². The lowest BCUT2D eigenvalue weighted by molar-refractivity contribution is -0.142. The number of benzene rings is 3. The molecule has 2 aliphatic rings. The van der Waals surface area contributed by atoms with Gasteiger partial charge in [-0.05, 0) is 67.8 Å². The molecule has 0 unspecified atom stereocenters. The number of H-pyrrole nitrogens is 1. The van der Waals surface area contributed by atoms with Crippen LogP contribution in [0.25, 0.3) is 10.9 Å². The van der Waals surface area contributed by atoms with E-state index in [2.05, 4.69) is 31.6 Å². The monoisotopic (exact) mass is 790 g/mol. The Hall–Kier alpha value is -6.02. The maximum atomic E-state index is 14.5. The third kappa shape index (κ3) is 10.5. The van der Waals surface area contributed by atoms with E-state index in [-0.39, 0.29) is 38.6 Å². The Morgan fingerprint density at radius 1 is 0.603 bits per heavy atom. The van der Waals surface area contributed by atoms with E-state index >= 15 is 0 Å². The summed E-state index contributed by atoms with van der Waals surface area (Å²) >= 11 is 0. The number of para-hydroxylation sites is 1. The van der Waals surface area contributed by atoms with Crippen LogP contribution in [0.3, 0.4) is 0 Å². The van der Waals surface area contributed by atoms with Crippen LogP contribution in [-0.4, -0.2) is 94.7 Å². The summed E-state index contributed by atoms with van der Waals surface area (Å²) in [4.78, 5) is 90.3. The zero-order valence-electron chi connectivity index (χ0n) is 32.9. The highest BCUT2D eigenvalue weighted by atomic mass is 16.2. The first-order valence-corrected chi connectivity index (χ1v) is 20.3. The number of carbonyl (C=O) groups excluding carboxylic acids is 6. The second-order valence-corrected chi connectivity index (χ2v) is 15.1. The number of amides is 6. The second-order valence-electron chi connectivity index (χ2n) is 15.1. The van der Waals surface area contributed by atoms with Gasteiger partial charge >= 0.3 is 0 Å². The van der Waals surface area contributed by atoms with Crippen molar-refractivity contribution in [2.75, 3.05) is 13.1 Å². The summed E-state index contributed by atoms with van der Waals surface area (Å²) in [5.41, 5.74) is 8.97. The van der Waals surface area contributed by atoms with Crippen molar-refractivity contribution in [3.63, 3.8) is 0 Å². The topological polar surface area (TPSA) is 208 Å². The van der Waals surface area contributed by atoms with Crippen molar-refractivity contribution in [1.29, 1.82) is 0 Å². The molecule has 14 heteroatoms. The Morgan fingerprint density at radius 3 is 1.81 bits per heavy atom. The molecule has 3 aromatic carbocycles. The average molecular weight is 791 g/mol. The van der Waals surface area contributed by atoms with Gasteiger partial charge in [0, 0.05) is 42.9 Å². The number of carbonyl (C=O) groups is 6. The summed E-state index contributed by atoms with van der Waals surface area (Å²) in [7, 11) is 0. The molecule has 2 saturated heterocycles. The number of nitrogens with two attached hydrogens (primary N) is 1. The van der Waals surface area contributed by atoms with Crippen molar-refractivity contribution in [3.05, 3.63) is 108 Å². The van der Waals surface area contributed by atoms with Gasteiger partial charge in [0.1, 0.15) is 36.3 Å². The molecule has 0 aliphatic carbocycles. The Labute approximate surface area is 338 Å². The standard InChI is InChI=1S/C44H54N8O6/c1-2-32-39(53)51-37(25-29-16-7-4-8-17-29)44(58)52-23-13-21-38(52)43(57)50-35(24-28-14-5-3-6-15-28)41(55)49-36(26-30-27-46-33-19-10-9-18-31(30)33)42(56)48-34(40(54)47-32)20-11-12-22-45/h3-10,14-19,27,32,34-38,46H,2,11-13,20-26,45H2,1H3,(H,47,54)(H,48,56)(H,49,55)(H,50,57)(H,51,53)/t32-,34-,35-,36+,37-,38-/m0/s1. The average Bonchev–Trinajstić information content (AvgIpc) is 3.90. The minimum Gasteiger partial charge on any atom is -0.361 e. The first-order valence-electron chi connectivity index (χ1n) is 20.3. The van der Waals surface area contributed by atoms with Gasteiger partial charge in [0.05, 0.1) is 0 Å². The fourth-order valence-corrected chi connectivity index (χ4v) is 7.81. The Bertz CT molecular complexity index is 2060. The van der Waals surface area contributed by atoms with E-state index in [4.69, 9.17) is 5.73 Å². The zero-order chi connectivity index (χ0) is 41.0. The molecule has 0 saturated carbocycles. The van der Waals surface area contributed by atoms with Gasteiger partial charge in [-0.3, -0.25) is 28.8 Å². The molecular formula is C44H54N8O6. The molecule has 6 rings (SSSR count). The van der Waals surface area contributed by atoms with Crippen molar-refractivity contribution in [3.8, 4) is 0 Å². The van der Waals surface area contributed by atoms with Crippen LogP contribution in [0.1, 0.15) is 62.1 Å². The number of nitrogens with zero attached hydrogens (tertiary/aromatic N) is 1. The van der Waals surface area contributed by atoms with Crippen LogP contribution in [0.2, 0.25) is 0 Å². The highest BCUT2D eigenvalue weighted by Crippen LogP contribution is 2.22. The van der Waals surface area contributed by atoms with Gasteiger partial charge in [-0.1, -0.05) is 85.8 Å². The van der Waals surface area contributed by atoms with Gasteiger partial charge in [0.2, 0.25) is 35.4 Å². The van der Waals surface area contributed by atoms with Gasteiger partial charge in [0.25, 0.3) is 0 Å². The molecule has 0 radical (unpaired) electrons. The molecule has 0 bridgehead atoms. The molecule has 6 atom stereocenters. The fourth-order valence-electron chi connectivity index (χ4n) is 7.81. The highest BCUT2D eigenvalue weighted by molar-refractivity contribution is 5.99. The minimum atomic E-state index is -1.17. The van der Waals surface area contributed by atoms with Gasteiger partial charge in [-0.25, -0.2) is 0 Å². The summed E-state index contributed by atoms with van der Waals surface area (Å²) in [5, 5.41) is 15.3. The Morgan fingerprint density at radius 2 is 1.14 bits per heavy atom. The van der Waals surface area contributed by atoms with Gasteiger partial charge in [-0.15, -0.1) is 0 Å². The number of hydrogen-bond acceptors (Lipinski definition) is 7. The largest absolute Gasteiger partial charge is 0.361 e.